The first-order valence-corrected chi connectivity index (χ1v) is 10.6. The number of rotatable bonds is 6. The summed E-state index contributed by atoms with van der Waals surface area (Å²) in [5.74, 6) is -0.223. The largest absolute Gasteiger partial charge is 0.444 e. The zero-order chi connectivity index (χ0) is 21.7. The third-order valence-corrected chi connectivity index (χ3v) is 5.10. The smallest absolute Gasteiger partial charge is 0.410 e. The number of hydrogen-bond donors (Lipinski definition) is 1. The van der Waals surface area contributed by atoms with Crippen LogP contribution in [0.5, 0.6) is 0 Å². The minimum absolute atomic E-state index is 0.0548. The van der Waals surface area contributed by atoms with Gasteiger partial charge in [-0.15, -0.1) is 0 Å². The molecule has 162 valence electrons. The van der Waals surface area contributed by atoms with Gasteiger partial charge >= 0.3 is 6.09 Å². The second kappa shape index (κ2) is 9.47. The van der Waals surface area contributed by atoms with Gasteiger partial charge in [-0.3, -0.25) is 9.69 Å². The Morgan fingerprint density at radius 2 is 1.93 bits per heavy atom. The highest BCUT2D eigenvalue weighted by Gasteiger charge is 2.28. The SMILES string of the molecule is CC(NC(=O)CN(CC1CCCO1)C(=O)OC(C)(C)C)c1cccc2ccccc12. The summed E-state index contributed by atoms with van der Waals surface area (Å²) in [7, 11) is 0. The molecule has 2 aromatic carbocycles. The molecule has 2 unspecified atom stereocenters. The number of ether oxygens (including phenoxy) is 2. The summed E-state index contributed by atoms with van der Waals surface area (Å²) in [6, 6.07) is 14.0. The number of carbonyl (C=O) groups is 2. The Hall–Kier alpha value is -2.60. The Kier molecular flexibility index (Phi) is 6.98. The summed E-state index contributed by atoms with van der Waals surface area (Å²) in [5, 5.41) is 5.27. The molecule has 2 atom stereocenters. The molecule has 6 nitrogen and oxygen atoms in total. The fourth-order valence-corrected chi connectivity index (χ4v) is 3.73. The molecule has 1 aliphatic heterocycles. The average Bonchev–Trinajstić information content (AvgIpc) is 3.18. The van der Waals surface area contributed by atoms with E-state index in [9.17, 15) is 9.59 Å². The fourth-order valence-electron chi connectivity index (χ4n) is 3.73. The lowest BCUT2D eigenvalue weighted by atomic mass is 10.00. The van der Waals surface area contributed by atoms with Crippen molar-refractivity contribution < 1.29 is 19.1 Å². The van der Waals surface area contributed by atoms with Crippen molar-refractivity contribution in [3.63, 3.8) is 0 Å². The van der Waals surface area contributed by atoms with Gasteiger partial charge in [0.1, 0.15) is 12.1 Å². The molecule has 1 fully saturated rings. The Balaban J connectivity index is 1.68. The Bertz CT molecular complexity index is 879. The zero-order valence-corrected chi connectivity index (χ0v) is 18.3. The van der Waals surface area contributed by atoms with Gasteiger partial charge in [0.25, 0.3) is 0 Å². The van der Waals surface area contributed by atoms with Crippen LogP contribution in [0.3, 0.4) is 0 Å². The van der Waals surface area contributed by atoms with Crippen molar-refractivity contribution in [2.75, 3.05) is 19.7 Å². The first-order chi connectivity index (χ1) is 14.2. The van der Waals surface area contributed by atoms with Gasteiger partial charge in [-0.05, 0) is 56.9 Å². The standard InChI is InChI=1S/C24H32N2O4/c1-17(20-13-7-10-18-9-5-6-12-21(18)20)25-22(27)16-26(15-19-11-8-14-29-19)23(28)30-24(2,3)4/h5-7,9-10,12-13,17,19H,8,11,14-16H2,1-4H3,(H,25,27). The number of benzene rings is 2. The van der Waals surface area contributed by atoms with Gasteiger partial charge in [-0.2, -0.15) is 0 Å². The molecule has 6 heteroatoms. The van der Waals surface area contributed by atoms with Crippen molar-refractivity contribution in [3.8, 4) is 0 Å². The van der Waals surface area contributed by atoms with E-state index in [1.807, 2.05) is 52.0 Å². The minimum Gasteiger partial charge on any atom is -0.444 e. The van der Waals surface area contributed by atoms with Gasteiger partial charge in [-0.1, -0.05) is 42.5 Å². The van der Waals surface area contributed by atoms with Crippen LogP contribution in [-0.2, 0) is 14.3 Å². The van der Waals surface area contributed by atoms with Crippen LogP contribution < -0.4 is 5.32 Å². The summed E-state index contributed by atoms with van der Waals surface area (Å²) in [4.78, 5) is 26.9. The summed E-state index contributed by atoms with van der Waals surface area (Å²) >= 11 is 0. The molecule has 2 amide bonds. The molecule has 3 rings (SSSR count). The van der Waals surface area contributed by atoms with Crippen molar-refractivity contribution in [2.45, 2.75) is 58.3 Å². The van der Waals surface area contributed by atoms with Crippen LogP contribution in [0.4, 0.5) is 4.79 Å². The highest BCUT2D eigenvalue weighted by molar-refractivity contribution is 5.87. The molecule has 30 heavy (non-hydrogen) atoms. The van der Waals surface area contributed by atoms with Crippen LogP contribution in [0.1, 0.15) is 52.1 Å². The Morgan fingerprint density at radius 3 is 2.63 bits per heavy atom. The molecule has 0 bridgehead atoms. The van der Waals surface area contributed by atoms with Crippen molar-refractivity contribution in [1.29, 1.82) is 0 Å². The average molecular weight is 413 g/mol. The van der Waals surface area contributed by atoms with Gasteiger partial charge in [0.15, 0.2) is 0 Å². The van der Waals surface area contributed by atoms with Crippen LogP contribution >= 0.6 is 0 Å². The normalized spacial score (nSPS) is 17.5. The van der Waals surface area contributed by atoms with E-state index < -0.39 is 11.7 Å². The number of nitrogens with one attached hydrogen (secondary N) is 1. The van der Waals surface area contributed by atoms with Crippen LogP contribution in [0.15, 0.2) is 42.5 Å². The van der Waals surface area contributed by atoms with Gasteiger partial charge in [-0.25, -0.2) is 4.79 Å². The van der Waals surface area contributed by atoms with E-state index in [1.54, 1.807) is 0 Å². The Labute approximate surface area is 178 Å². The molecule has 1 aliphatic rings. The minimum atomic E-state index is -0.626. The van der Waals surface area contributed by atoms with Gasteiger partial charge in [0.2, 0.25) is 5.91 Å². The molecule has 1 saturated heterocycles. The van der Waals surface area contributed by atoms with Gasteiger partial charge < -0.3 is 14.8 Å². The topological polar surface area (TPSA) is 67.9 Å². The first-order valence-electron chi connectivity index (χ1n) is 10.6. The van der Waals surface area contributed by atoms with Crippen LogP contribution in [0, 0.1) is 0 Å². The maximum Gasteiger partial charge on any atom is 0.410 e. The first kappa shape index (κ1) is 22.1. The molecule has 0 aliphatic carbocycles. The molecule has 0 radical (unpaired) electrons. The van der Waals surface area contributed by atoms with E-state index in [4.69, 9.17) is 9.47 Å². The van der Waals surface area contributed by atoms with Crippen LogP contribution in [-0.4, -0.2) is 48.3 Å². The highest BCUT2D eigenvalue weighted by atomic mass is 16.6. The summed E-state index contributed by atoms with van der Waals surface area (Å²) < 4.78 is 11.2. The predicted octanol–water partition coefficient (Wildman–Crippen LogP) is 4.43. The lowest BCUT2D eigenvalue weighted by Crippen LogP contribution is -2.46. The monoisotopic (exact) mass is 412 g/mol. The second-order valence-corrected chi connectivity index (χ2v) is 8.85. The number of fused-ring (bicyclic) bond motifs is 1. The molecule has 0 saturated carbocycles. The zero-order valence-electron chi connectivity index (χ0n) is 18.3. The van der Waals surface area contributed by atoms with E-state index in [2.05, 4.69) is 23.5 Å². The molecule has 1 heterocycles. The molecule has 0 aromatic heterocycles. The van der Waals surface area contributed by atoms with Crippen LogP contribution in [0.25, 0.3) is 10.8 Å². The van der Waals surface area contributed by atoms with Crippen LogP contribution in [0.2, 0.25) is 0 Å². The van der Waals surface area contributed by atoms with Gasteiger partial charge in [0.05, 0.1) is 18.7 Å². The molecular formula is C24H32N2O4. The lowest BCUT2D eigenvalue weighted by Gasteiger charge is -2.29. The van der Waals surface area contributed by atoms with E-state index in [0.717, 1.165) is 29.2 Å². The number of nitrogens with zero attached hydrogens (tertiary/aromatic N) is 1. The second-order valence-electron chi connectivity index (χ2n) is 8.85. The number of carbonyl (C=O) groups excluding carboxylic acids is 2. The van der Waals surface area contributed by atoms with Crippen molar-refractivity contribution in [3.05, 3.63) is 48.0 Å². The predicted molar refractivity (Wildman–Crippen MR) is 117 cm³/mol. The molecule has 0 spiro atoms. The lowest BCUT2D eigenvalue weighted by molar-refractivity contribution is -0.123. The Morgan fingerprint density at radius 1 is 1.20 bits per heavy atom. The van der Waals surface area contributed by atoms with E-state index in [-0.39, 0.29) is 24.6 Å². The van der Waals surface area contributed by atoms with Crippen molar-refractivity contribution >= 4 is 22.8 Å². The number of hydrogen-bond acceptors (Lipinski definition) is 4. The van der Waals surface area contributed by atoms with Gasteiger partial charge in [0, 0.05) is 6.61 Å². The molecule has 1 N–H and O–H groups in total. The number of amides is 2. The third kappa shape index (κ3) is 5.95. The van der Waals surface area contributed by atoms with Crippen molar-refractivity contribution in [2.24, 2.45) is 0 Å². The van der Waals surface area contributed by atoms with E-state index >= 15 is 0 Å². The quantitative estimate of drug-likeness (QED) is 0.762. The molecular weight excluding hydrogens is 380 g/mol. The maximum absolute atomic E-state index is 12.8. The molecule has 2 aromatic rings. The summed E-state index contributed by atoms with van der Waals surface area (Å²) in [6.07, 6.45) is 1.30. The van der Waals surface area contributed by atoms with E-state index in [1.165, 1.54) is 4.90 Å². The van der Waals surface area contributed by atoms with E-state index in [0.29, 0.717) is 13.2 Å². The summed E-state index contributed by atoms with van der Waals surface area (Å²) in [6.45, 7) is 8.39. The highest BCUT2D eigenvalue weighted by Crippen LogP contribution is 2.24. The third-order valence-electron chi connectivity index (χ3n) is 5.10. The van der Waals surface area contributed by atoms with Crippen molar-refractivity contribution in [1.82, 2.24) is 10.2 Å². The maximum atomic E-state index is 12.8. The fraction of sp³-hybridized carbons (Fsp3) is 0.500. The summed E-state index contributed by atoms with van der Waals surface area (Å²) in [5.41, 5.74) is 0.419.